The molecule has 0 spiro atoms. The summed E-state index contributed by atoms with van der Waals surface area (Å²) in [7, 11) is -2.34. The van der Waals surface area contributed by atoms with Crippen LogP contribution in [0.4, 0.5) is 10.1 Å². The van der Waals surface area contributed by atoms with E-state index in [4.69, 9.17) is 4.74 Å². The Balaban J connectivity index is 1.93. The third-order valence-electron chi connectivity index (χ3n) is 3.62. The lowest BCUT2D eigenvalue weighted by molar-refractivity contribution is 0.0953. The van der Waals surface area contributed by atoms with Crippen molar-refractivity contribution >= 4 is 21.6 Å². The molecule has 0 aliphatic rings. The van der Waals surface area contributed by atoms with Gasteiger partial charge in [0, 0.05) is 32.3 Å². The first-order valence-corrected chi connectivity index (χ1v) is 9.77. The van der Waals surface area contributed by atoms with E-state index in [1.807, 2.05) is 0 Å². The highest BCUT2D eigenvalue weighted by Gasteiger charge is 2.16. The normalized spacial score (nSPS) is 11.2. The second-order valence-electron chi connectivity index (χ2n) is 5.61. The molecule has 0 radical (unpaired) electrons. The average molecular weight is 395 g/mol. The first-order valence-electron chi connectivity index (χ1n) is 8.29. The van der Waals surface area contributed by atoms with Crippen molar-refractivity contribution in [2.75, 3.05) is 38.1 Å². The Bertz CT molecular complexity index is 857. The van der Waals surface area contributed by atoms with Crippen molar-refractivity contribution in [2.24, 2.45) is 0 Å². The molecule has 3 N–H and O–H groups in total. The molecule has 2 rings (SSSR count). The fraction of sp³-hybridized carbons (Fsp3) is 0.278. The van der Waals surface area contributed by atoms with Crippen LogP contribution < -0.4 is 15.4 Å². The van der Waals surface area contributed by atoms with Crippen molar-refractivity contribution in [1.29, 1.82) is 0 Å². The molecular weight excluding hydrogens is 373 g/mol. The van der Waals surface area contributed by atoms with Crippen LogP contribution in [0.1, 0.15) is 10.4 Å². The molecule has 0 saturated heterocycles. The Morgan fingerprint density at radius 2 is 1.74 bits per heavy atom. The molecule has 0 saturated carbocycles. The summed E-state index contributed by atoms with van der Waals surface area (Å²) in [6.07, 6.45) is 0. The van der Waals surface area contributed by atoms with Crippen LogP contribution in [0.2, 0.25) is 0 Å². The summed E-state index contributed by atoms with van der Waals surface area (Å²) < 4.78 is 45.4. The van der Waals surface area contributed by atoms with Gasteiger partial charge in [-0.3, -0.25) is 9.52 Å². The van der Waals surface area contributed by atoms with Gasteiger partial charge in [0.05, 0.1) is 17.2 Å². The number of hydrogen-bond donors (Lipinski definition) is 3. The van der Waals surface area contributed by atoms with E-state index in [2.05, 4.69) is 15.4 Å². The molecular formula is C18H22FN3O4S. The van der Waals surface area contributed by atoms with Crippen LogP contribution in [-0.4, -0.2) is 47.7 Å². The monoisotopic (exact) mass is 395 g/mol. The summed E-state index contributed by atoms with van der Waals surface area (Å²) in [5.74, 6) is -0.981. The maximum atomic E-state index is 13.6. The molecule has 0 aliphatic heterocycles. The van der Waals surface area contributed by atoms with E-state index in [1.165, 1.54) is 42.5 Å². The summed E-state index contributed by atoms with van der Waals surface area (Å²) in [5, 5.41) is 5.82. The lowest BCUT2D eigenvalue weighted by Gasteiger charge is -2.10. The highest BCUT2D eigenvalue weighted by molar-refractivity contribution is 7.92. The predicted molar refractivity (Wildman–Crippen MR) is 101 cm³/mol. The lowest BCUT2D eigenvalue weighted by atomic mass is 10.2. The van der Waals surface area contributed by atoms with Crippen molar-refractivity contribution in [3.63, 3.8) is 0 Å². The molecule has 2 aromatic carbocycles. The minimum Gasteiger partial charge on any atom is -0.383 e. The van der Waals surface area contributed by atoms with Crippen molar-refractivity contribution < 1.29 is 22.3 Å². The van der Waals surface area contributed by atoms with E-state index in [0.717, 1.165) is 6.07 Å². The van der Waals surface area contributed by atoms with E-state index in [1.54, 1.807) is 7.11 Å². The van der Waals surface area contributed by atoms with Crippen molar-refractivity contribution in [1.82, 2.24) is 10.6 Å². The summed E-state index contributed by atoms with van der Waals surface area (Å²) in [6.45, 7) is 2.30. The second-order valence-corrected chi connectivity index (χ2v) is 7.29. The van der Waals surface area contributed by atoms with Crippen molar-refractivity contribution in [3.05, 3.63) is 59.9 Å². The zero-order valence-electron chi connectivity index (χ0n) is 14.9. The number of benzene rings is 2. The molecule has 146 valence electrons. The number of methoxy groups -OCH3 is 1. The third kappa shape index (κ3) is 6.31. The van der Waals surface area contributed by atoms with Gasteiger partial charge in [0.25, 0.3) is 15.9 Å². The Morgan fingerprint density at radius 1 is 1.04 bits per heavy atom. The van der Waals surface area contributed by atoms with Crippen LogP contribution in [0, 0.1) is 5.82 Å². The quantitative estimate of drug-likeness (QED) is 0.531. The van der Waals surface area contributed by atoms with Gasteiger partial charge in [0.15, 0.2) is 0 Å². The van der Waals surface area contributed by atoms with E-state index in [-0.39, 0.29) is 16.5 Å². The zero-order valence-corrected chi connectivity index (χ0v) is 15.7. The first kappa shape index (κ1) is 20.8. The smallest absolute Gasteiger partial charge is 0.261 e. The number of hydrogen-bond acceptors (Lipinski definition) is 5. The summed E-state index contributed by atoms with van der Waals surface area (Å²) in [5.41, 5.74) is 0.192. The number of nitrogens with one attached hydrogen (secondary N) is 3. The standard InChI is InChI=1S/C18H22FN3O4S/c1-26-13-12-20-10-11-21-18(23)14-6-8-15(9-7-14)27(24,25)22-17-5-3-2-4-16(17)19/h2-9,20,22H,10-13H2,1H3,(H,21,23). The van der Waals surface area contributed by atoms with Crippen LogP contribution in [0.15, 0.2) is 53.4 Å². The summed E-state index contributed by atoms with van der Waals surface area (Å²) >= 11 is 0. The van der Waals surface area contributed by atoms with Crippen LogP contribution in [-0.2, 0) is 14.8 Å². The molecule has 0 aromatic heterocycles. The molecule has 1 amide bonds. The molecule has 0 aliphatic carbocycles. The van der Waals surface area contributed by atoms with Crippen molar-refractivity contribution in [3.8, 4) is 0 Å². The largest absolute Gasteiger partial charge is 0.383 e. The molecule has 0 unspecified atom stereocenters. The number of amides is 1. The molecule has 7 nitrogen and oxygen atoms in total. The van der Waals surface area contributed by atoms with Crippen LogP contribution in [0.5, 0.6) is 0 Å². The molecule has 0 fully saturated rings. The maximum absolute atomic E-state index is 13.6. The van der Waals surface area contributed by atoms with E-state index >= 15 is 0 Å². The third-order valence-corrected chi connectivity index (χ3v) is 5.00. The van der Waals surface area contributed by atoms with Gasteiger partial charge in [-0.15, -0.1) is 0 Å². The van der Waals surface area contributed by atoms with Gasteiger partial charge in [0.2, 0.25) is 0 Å². The van der Waals surface area contributed by atoms with Crippen LogP contribution in [0.3, 0.4) is 0 Å². The van der Waals surface area contributed by atoms with Crippen molar-refractivity contribution in [2.45, 2.75) is 4.90 Å². The van der Waals surface area contributed by atoms with Crippen LogP contribution >= 0.6 is 0 Å². The number of para-hydroxylation sites is 1. The fourth-order valence-electron chi connectivity index (χ4n) is 2.20. The Hall–Kier alpha value is -2.49. The maximum Gasteiger partial charge on any atom is 0.261 e. The van der Waals surface area contributed by atoms with Gasteiger partial charge in [-0.05, 0) is 36.4 Å². The number of halogens is 1. The Kier molecular flexibility index (Phi) is 7.71. The van der Waals surface area contributed by atoms with Gasteiger partial charge in [0.1, 0.15) is 5.82 Å². The topological polar surface area (TPSA) is 96.5 Å². The molecule has 0 heterocycles. The first-order chi connectivity index (χ1) is 12.9. The predicted octanol–water partition coefficient (Wildman–Crippen LogP) is 1.59. The number of rotatable bonds is 10. The minimum absolute atomic E-state index is 0.0662. The highest BCUT2D eigenvalue weighted by Crippen LogP contribution is 2.19. The summed E-state index contributed by atoms with van der Waals surface area (Å²) in [4.78, 5) is 12.0. The van der Waals surface area contributed by atoms with Crippen LogP contribution in [0.25, 0.3) is 0 Å². The van der Waals surface area contributed by atoms with E-state index in [9.17, 15) is 17.6 Å². The zero-order chi connectivity index (χ0) is 19.7. The van der Waals surface area contributed by atoms with Gasteiger partial charge >= 0.3 is 0 Å². The minimum atomic E-state index is -3.95. The number of anilines is 1. The van der Waals surface area contributed by atoms with E-state index in [0.29, 0.717) is 31.8 Å². The molecule has 2 aromatic rings. The Morgan fingerprint density at radius 3 is 2.41 bits per heavy atom. The van der Waals surface area contributed by atoms with Gasteiger partial charge in [-0.1, -0.05) is 12.1 Å². The molecule has 27 heavy (non-hydrogen) atoms. The number of ether oxygens (including phenoxy) is 1. The number of carbonyl (C=O) groups excluding carboxylic acids is 1. The number of sulfonamides is 1. The molecule has 0 bridgehead atoms. The average Bonchev–Trinajstić information content (AvgIpc) is 2.66. The van der Waals surface area contributed by atoms with E-state index < -0.39 is 15.8 Å². The van der Waals surface area contributed by atoms with Gasteiger partial charge < -0.3 is 15.4 Å². The molecule has 0 atom stereocenters. The fourth-order valence-corrected chi connectivity index (χ4v) is 3.27. The van der Waals surface area contributed by atoms with Gasteiger partial charge in [-0.2, -0.15) is 0 Å². The highest BCUT2D eigenvalue weighted by atomic mass is 32.2. The van der Waals surface area contributed by atoms with Gasteiger partial charge in [-0.25, -0.2) is 12.8 Å². The Labute approximate surface area is 158 Å². The second kappa shape index (κ2) is 10.0. The lowest BCUT2D eigenvalue weighted by Crippen LogP contribution is -2.33. The number of carbonyl (C=O) groups is 1. The SMILES string of the molecule is COCCNCCNC(=O)c1ccc(S(=O)(=O)Nc2ccccc2F)cc1. The molecule has 9 heteroatoms. The summed E-state index contributed by atoms with van der Waals surface area (Å²) in [6, 6.07) is 10.9.